The van der Waals surface area contributed by atoms with Crippen molar-refractivity contribution in [3.8, 4) is 0 Å². The standard InChI is InChI=1S/C35H37N5O4/c1-38-14-16-39(17-15-38)21-31(41)40-13-12-24-19-27(9-11-30(24)40)36-33(25-7-6-22-4-3-5-23(22)18-25)32-28-10-8-26(35(43)44-2)20-29(28)37-34(32)42/h6-11,18-20,32H,3-5,12-17,21H2,1-2H3,(H,37,42). The third kappa shape index (κ3) is 5.31. The van der Waals surface area contributed by atoms with Crippen molar-refractivity contribution in [3.63, 3.8) is 0 Å². The number of ether oxygens (including phenoxy) is 1. The molecule has 0 bridgehead atoms. The molecule has 3 aromatic rings. The number of fused-ring (bicyclic) bond motifs is 3. The Kier molecular flexibility index (Phi) is 7.52. The molecule has 3 aliphatic heterocycles. The van der Waals surface area contributed by atoms with E-state index in [1.54, 1.807) is 12.1 Å². The highest BCUT2D eigenvalue weighted by molar-refractivity contribution is 6.24. The van der Waals surface area contributed by atoms with Gasteiger partial charge in [-0.05, 0) is 96.9 Å². The van der Waals surface area contributed by atoms with Gasteiger partial charge < -0.3 is 19.9 Å². The lowest BCUT2D eigenvalue weighted by Crippen LogP contribution is -2.48. The van der Waals surface area contributed by atoms with Gasteiger partial charge in [-0.2, -0.15) is 0 Å². The SMILES string of the molecule is COC(=O)c1ccc2c(c1)NC(=O)C2C(=Nc1ccc2c(c1)CCN2C(=O)CN1CCN(C)CC1)c1ccc2c(c1)CCC2. The lowest BCUT2D eigenvalue weighted by atomic mass is 9.89. The number of rotatable bonds is 6. The second kappa shape index (κ2) is 11.6. The summed E-state index contributed by atoms with van der Waals surface area (Å²) in [5, 5.41) is 2.97. The molecule has 226 valence electrons. The van der Waals surface area contributed by atoms with Crippen LogP contribution in [0.1, 0.15) is 50.5 Å². The first-order valence-corrected chi connectivity index (χ1v) is 15.5. The van der Waals surface area contributed by atoms with Crippen molar-refractivity contribution in [2.24, 2.45) is 4.99 Å². The van der Waals surface area contributed by atoms with Crippen molar-refractivity contribution in [2.75, 3.05) is 63.6 Å². The second-order valence-corrected chi connectivity index (χ2v) is 12.2. The number of nitrogens with zero attached hydrogens (tertiary/aromatic N) is 4. The summed E-state index contributed by atoms with van der Waals surface area (Å²) in [5.41, 5.74) is 8.79. The molecule has 7 rings (SSSR count). The fourth-order valence-corrected chi connectivity index (χ4v) is 6.94. The van der Waals surface area contributed by atoms with Crippen LogP contribution in [0.25, 0.3) is 0 Å². The van der Waals surface area contributed by atoms with Gasteiger partial charge in [0.25, 0.3) is 0 Å². The van der Waals surface area contributed by atoms with Crippen molar-refractivity contribution < 1.29 is 19.1 Å². The van der Waals surface area contributed by atoms with Crippen molar-refractivity contribution in [1.82, 2.24) is 9.80 Å². The zero-order valence-electron chi connectivity index (χ0n) is 25.3. The van der Waals surface area contributed by atoms with Crippen LogP contribution in [-0.4, -0.2) is 86.7 Å². The van der Waals surface area contributed by atoms with Crippen LogP contribution in [0.3, 0.4) is 0 Å². The first-order valence-electron chi connectivity index (χ1n) is 15.5. The van der Waals surface area contributed by atoms with E-state index < -0.39 is 11.9 Å². The Labute approximate surface area is 257 Å². The van der Waals surface area contributed by atoms with E-state index in [1.807, 2.05) is 23.1 Å². The fraction of sp³-hybridized carbons (Fsp3) is 0.371. The normalized spacial score (nSPS) is 19.9. The molecule has 9 heteroatoms. The van der Waals surface area contributed by atoms with Crippen LogP contribution in [0, 0.1) is 0 Å². The highest BCUT2D eigenvalue weighted by Gasteiger charge is 2.36. The van der Waals surface area contributed by atoms with E-state index in [0.717, 1.165) is 79.9 Å². The first kappa shape index (κ1) is 28.4. The third-order valence-corrected chi connectivity index (χ3v) is 9.44. The zero-order valence-corrected chi connectivity index (χ0v) is 25.3. The summed E-state index contributed by atoms with van der Waals surface area (Å²) in [6.07, 6.45) is 3.98. The van der Waals surface area contributed by atoms with E-state index in [9.17, 15) is 14.4 Å². The van der Waals surface area contributed by atoms with Crippen LogP contribution in [0.15, 0.2) is 59.6 Å². The van der Waals surface area contributed by atoms with Gasteiger partial charge in [-0.25, -0.2) is 4.79 Å². The number of carbonyl (C=O) groups excluding carboxylic acids is 3. The number of anilines is 2. The average Bonchev–Trinajstić information content (AvgIpc) is 3.76. The smallest absolute Gasteiger partial charge is 0.337 e. The van der Waals surface area contributed by atoms with Crippen LogP contribution in [0.5, 0.6) is 0 Å². The van der Waals surface area contributed by atoms with Crippen molar-refractivity contribution in [3.05, 3.63) is 88.0 Å². The maximum absolute atomic E-state index is 13.5. The summed E-state index contributed by atoms with van der Waals surface area (Å²) in [7, 11) is 3.46. The molecule has 1 aliphatic carbocycles. The molecule has 3 heterocycles. The molecule has 9 nitrogen and oxygen atoms in total. The van der Waals surface area contributed by atoms with E-state index >= 15 is 0 Å². The number of nitrogens with one attached hydrogen (secondary N) is 1. The van der Waals surface area contributed by atoms with Crippen LogP contribution >= 0.6 is 0 Å². The van der Waals surface area contributed by atoms with Crippen LogP contribution in [0.2, 0.25) is 0 Å². The number of piperazine rings is 1. The van der Waals surface area contributed by atoms with E-state index in [4.69, 9.17) is 9.73 Å². The summed E-state index contributed by atoms with van der Waals surface area (Å²) in [6.45, 7) is 4.87. The topological polar surface area (TPSA) is 94.5 Å². The lowest BCUT2D eigenvalue weighted by molar-refractivity contribution is -0.120. The number of esters is 1. The molecule has 1 saturated heterocycles. The number of methoxy groups -OCH3 is 1. The predicted octanol–water partition coefficient (Wildman–Crippen LogP) is 3.96. The Bertz CT molecular complexity index is 1690. The molecule has 1 fully saturated rings. The third-order valence-electron chi connectivity index (χ3n) is 9.44. The molecule has 0 radical (unpaired) electrons. The van der Waals surface area contributed by atoms with Gasteiger partial charge in [0.05, 0.1) is 30.6 Å². The minimum atomic E-state index is -0.633. The second-order valence-electron chi connectivity index (χ2n) is 12.2. The molecule has 4 aliphatic rings. The molecule has 2 amide bonds. The molecule has 1 N–H and O–H groups in total. The Balaban J connectivity index is 1.22. The van der Waals surface area contributed by atoms with E-state index in [-0.39, 0.29) is 11.8 Å². The van der Waals surface area contributed by atoms with E-state index in [0.29, 0.717) is 30.1 Å². The molecule has 44 heavy (non-hydrogen) atoms. The minimum absolute atomic E-state index is 0.133. The maximum atomic E-state index is 13.5. The number of amides is 2. The molecular formula is C35H37N5O4. The number of hydrogen-bond donors (Lipinski definition) is 1. The average molecular weight is 592 g/mol. The molecule has 0 saturated carbocycles. The zero-order chi connectivity index (χ0) is 30.4. The van der Waals surface area contributed by atoms with Gasteiger partial charge in [0, 0.05) is 44.1 Å². The highest BCUT2D eigenvalue weighted by atomic mass is 16.5. The summed E-state index contributed by atoms with van der Waals surface area (Å²) in [4.78, 5) is 50.6. The summed E-state index contributed by atoms with van der Waals surface area (Å²) in [5.74, 6) is -1.13. The van der Waals surface area contributed by atoms with E-state index in [1.165, 1.54) is 18.2 Å². The van der Waals surface area contributed by atoms with Gasteiger partial charge >= 0.3 is 5.97 Å². The van der Waals surface area contributed by atoms with Crippen LogP contribution < -0.4 is 10.2 Å². The van der Waals surface area contributed by atoms with Crippen LogP contribution in [-0.2, 0) is 33.6 Å². The van der Waals surface area contributed by atoms with Crippen LogP contribution in [0.4, 0.5) is 17.1 Å². The van der Waals surface area contributed by atoms with E-state index in [2.05, 4.69) is 46.4 Å². The van der Waals surface area contributed by atoms with Gasteiger partial charge in [-0.1, -0.05) is 18.2 Å². The summed E-state index contributed by atoms with van der Waals surface area (Å²) in [6, 6.07) is 17.6. The molecule has 0 aromatic heterocycles. The quantitative estimate of drug-likeness (QED) is 0.345. The van der Waals surface area contributed by atoms with Crippen molar-refractivity contribution in [1.29, 1.82) is 0 Å². The maximum Gasteiger partial charge on any atom is 0.337 e. The number of aliphatic imine (C=N–C) groups is 1. The number of carbonyl (C=O) groups is 3. The lowest BCUT2D eigenvalue weighted by Gasteiger charge is -2.32. The predicted molar refractivity (Wildman–Crippen MR) is 170 cm³/mol. The van der Waals surface area contributed by atoms with Gasteiger partial charge in [-0.3, -0.25) is 19.5 Å². The monoisotopic (exact) mass is 591 g/mol. The Hall–Kier alpha value is -4.34. The number of likely N-dealkylation sites (N-methyl/N-ethyl adjacent to an activating group) is 1. The molecule has 3 aromatic carbocycles. The Morgan fingerprint density at radius 2 is 1.68 bits per heavy atom. The Morgan fingerprint density at radius 3 is 2.50 bits per heavy atom. The number of aryl methyl sites for hydroxylation is 2. The summed E-state index contributed by atoms with van der Waals surface area (Å²) >= 11 is 0. The first-order chi connectivity index (χ1) is 21.4. The van der Waals surface area contributed by atoms with Gasteiger partial charge in [0.2, 0.25) is 11.8 Å². The molecule has 1 atom stereocenters. The highest BCUT2D eigenvalue weighted by Crippen LogP contribution is 2.39. The molecule has 0 spiro atoms. The van der Waals surface area contributed by atoms with Crippen molar-refractivity contribution in [2.45, 2.75) is 31.6 Å². The minimum Gasteiger partial charge on any atom is -0.465 e. The molecular weight excluding hydrogens is 554 g/mol. The fourth-order valence-electron chi connectivity index (χ4n) is 6.94. The largest absolute Gasteiger partial charge is 0.465 e. The van der Waals surface area contributed by atoms with Gasteiger partial charge in [-0.15, -0.1) is 0 Å². The van der Waals surface area contributed by atoms with Gasteiger partial charge in [0.15, 0.2) is 0 Å². The summed E-state index contributed by atoms with van der Waals surface area (Å²) < 4.78 is 4.88. The number of benzene rings is 3. The number of hydrogen-bond acceptors (Lipinski definition) is 7. The van der Waals surface area contributed by atoms with Crippen molar-refractivity contribution >= 4 is 40.6 Å². The van der Waals surface area contributed by atoms with Gasteiger partial charge in [0.1, 0.15) is 5.92 Å². The molecule has 1 unspecified atom stereocenters. The Morgan fingerprint density at radius 1 is 0.886 bits per heavy atom.